The van der Waals surface area contributed by atoms with Gasteiger partial charge >= 0.3 is 20.5 Å². The second kappa shape index (κ2) is 6.74. The van der Waals surface area contributed by atoms with Crippen molar-refractivity contribution in [2.24, 2.45) is 0 Å². The number of hydrogen-bond acceptors (Lipinski definition) is 5. The van der Waals surface area contributed by atoms with E-state index in [1.165, 1.54) is 13.8 Å². The molecule has 0 fully saturated rings. The van der Waals surface area contributed by atoms with E-state index in [1.54, 1.807) is 4.67 Å². The van der Waals surface area contributed by atoms with Crippen molar-refractivity contribution < 1.29 is 18.6 Å². The molecule has 0 aromatic carbocycles. The highest BCUT2D eigenvalue weighted by molar-refractivity contribution is 7.45. The Morgan fingerprint density at radius 3 is 1.64 bits per heavy atom. The summed E-state index contributed by atoms with van der Waals surface area (Å²) in [4.78, 5) is 21.5. The molecule has 0 bridgehead atoms. The predicted octanol–water partition coefficient (Wildman–Crippen LogP) is 1.68. The Hall–Kier alpha value is -0.670. The van der Waals surface area contributed by atoms with E-state index in [4.69, 9.17) is 9.05 Å². The van der Waals surface area contributed by atoms with Crippen LogP contribution in [0, 0.1) is 0 Å². The van der Waals surface area contributed by atoms with Gasteiger partial charge in [0.15, 0.2) is 0 Å². The maximum Gasteiger partial charge on any atom is 0.388 e. The topological polar surface area (TPSA) is 55.8 Å². The number of hydrogen-bond donors (Lipinski definition) is 0. The van der Waals surface area contributed by atoms with Gasteiger partial charge in [-0.1, -0.05) is 13.8 Å². The van der Waals surface area contributed by atoms with E-state index >= 15 is 0 Å². The summed E-state index contributed by atoms with van der Waals surface area (Å²) in [6.45, 7) is 7.74. The Bertz CT molecular complexity index is 190. The largest absolute Gasteiger partial charge is 0.395 e. The van der Waals surface area contributed by atoms with Crippen LogP contribution in [0.5, 0.6) is 0 Å². The molecule has 5 nitrogen and oxygen atoms in total. The first kappa shape index (κ1) is 13.3. The van der Waals surface area contributed by atoms with E-state index in [-0.39, 0.29) is 0 Å². The van der Waals surface area contributed by atoms with Gasteiger partial charge in [-0.2, -0.15) is 0 Å². The second-order valence-electron chi connectivity index (χ2n) is 2.54. The zero-order valence-electron chi connectivity index (χ0n) is 8.94. The third kappa shape index (κ3) is 5.14. The van der Waals surface area contributed by atoms with E-state index < -0.39 is 20.5 Å². The third-order valence-corrected chi connectivity index (χ3v) is 3.23. The van der Waals surface area contributed by atoms with Crippen LogP contribution < -0.4 is 0 Å². The molecular formula is C8H16NO4P. The number of carbonyl (C=O) groups excluding carboxylic acids is 2. The first-order chi connectivity index (χ1) is 6.51. The van der Waals surface area contributed by atoms with Crippen molar-refractivity contribution in [3.8, 4) is 0 Å². The third-order valence-electron chi connectivity index (χ3n) is 1.37. The average Bonchev–Trinajstić information content (AvgIpc) is 2.03. The minimum Gasteiger partial charge on any atom is -0.395 e. The summed E-state index contributed by atoms with van der Waals surface area (Å²) < 4.78 is 11.6. The molecule has 82 valence electrons. The Balaban J connectivity index is 4.35. The van der Waals surface area contributed by atoms with Crippen LogP contribution >= 0.6 is 8.53 Å². The van der Waals surface area contributed by atoms with Crippen LogP contribution in [0.15, 0.2) is 0 Å². The molecule has 0 amide bonds. The summed E-state index contributed by atoms with van der Waals surface area (Å²) in [5.74, 6) is -0.881. The number of carbonyl (C=O) groups is 2. The fraction of sp³-hybridized carbons (Fsp3) is 0.750. The maximum absolute atomic E-state index is 10.7. The zero-order chi connectivity index (χ0) is 11.1. The molecule has 0 spiro atoms. The molecule has 0 atom stereocenters. The van der Waals surface area contributed by atoms with Crippen LogP contribution in [0.25, 0.3) is 0 Å². The average molecular weight is 221 g/mol. The molecule has 0 N–H and O–H groups in total. The van der Waals surface area contributed by atoms with Crippen molar-refractivity contribution in [1.29, 1.82) is 0 Å². The quantitative estimate of drug-likeness (QED) is 0.661. The normalized spacial score (nSPS) is 10.4. The van der Waals surface area contributed by atoms with Crippen molar-refractivity contribution in [3.63, 3.8) is 0 Å². The molecule has 6 heteroatoms. The number of nitrogens with zero attached hydrogens (tertiary/aromatic N) is 1. The molecule has 0 aliphatic rings. The summed E-state index contributed by atoms with van der Waals surface area (Å²) in [5, 5.41) is 0. The summed E-state index contributed by atoms with van der Waals surface area (Å²) in [5.41, 5.74) is 0. The SMILES string of the molecule is CCN(CC)P(OC(C)=O)OC(C)=O. The van der Waals surface area contributed by atoms with Crippen LogP contribution in [0.1, 0.15) is 27.7 Å². The molecule has 0 saturated carbocycles. The van der Waals surface area contributed by atoms with Crippen molar-refractivity contribution in [2.75, 3.05) is 13.1 Å². The Kier molecular flexibility index (Phi) is 6.41. The molecule has 0 radical (unpaired) electrons. The lowest BCUT2D eigenvalue weighted by atomic mass is 10.7. The van der Waals surface area contributed by atoms with Gasteiger partial charge in [0.25, 0.3) is 0 Å². The molecule has 0 aromatic rings. The minimum absolute atomic E-state index is 0.440. The van der Waals surface area contributed by atoms with Gasteiger partial charge < -0.3 is 9.05 Å². The van der Waals surface area contributed by atoms with E-state index in [2.05, 4.69) is 0 Å². The van der Waals surface area contributed by atoms with Crippen molar-refractivity contribution >= 4 is 20.5 Å². The molecule has 0 heterocycles. The van der Waals surface area contributed by atoms with Gasteiger partial charge in [-0.3, -0.25) is 9.59 Å². The second-order valence-corrected chi connectivity index (χ2v) is 3.95. The molecule has 0 aromatic heterocycles. The molecular weight excluding hydrogens is 205 g/mol. The lowest BCUT2D eigenvalue weighted by molar-refractivity contribution is -0.135. The Morgan fingerprint density at radius 1 is 1.07 bits per heavy atom. The Morgan fingerprint density at radius 2 is 1.43 bits per heavy atom. The van der Waals surface area contributed by atoms with Gasteiger partial charge in [-0.25, -0.2) is 4.67 Å². The van der Waals surface area contributed by atoms with Crippen LogP contribution in [0.2, 0.25) is 0 Å². The Labute approximate surface area is 85.3 Å². The fourth-order valence-corrected chi connectivity index (χ4v) is 1.98. The van der Waals surface area contributed by atoms with Gasteiger partial charge in [0.1, 0.15) is 0 Å². The highest BCUT2D eigenvalue weighted by atomic mass is 31.2. The fourth-order valence-electron chi connectivity index (χ4n) is 0.809. The van der Waals surface area contributed by atoms with Crippen molar-refractivity contribution in [1.82, 2.24) is 4.67 Å². The maximum atomic E-state index is 10.7. The van der Waals surface area contributed by atoms with Gasteiger partial charge in [-0.05, 0) is 0 Å². The first-order valence-electron chi connectivity index (χ1n) is 4.43. The van der Waals surface area contributed by atoms with Crippen molar-refractivity contribution in [3.05, 3.63) is 0 Å². The summed E-state index contributed by atoms with van der Waals surface area (Å²) >= 11 is 0. The zero-order valence-corrected chi connectivity index (χ0v) is 9.84. The summed E-state index contributed by atoms with van der Waals surface area (Å²) in [6.07, 6.45) is 0. The van der Waals surface area contributed by atoms with Gasteiger partial charge in [0, 0.05) is 26.9 Å². The van der Waals surface area contributed by atoms with Gasteiger partial charge in [0.2, 0.25) is 0 Å². The summed E-state index contributed by atoms with van der Waals surface area (Å²) in [6, 6.07) is 0. The molecule has 0 aliphatic carbocycles. The van der Waals surface area contributed by atoms with Crippen LogP contribution in [0.3, 0.4) is 0 Å². The molecule has 0 saturated heterocycles. The van der Waals surface area contributed by atoms with Gasteiger partial charge in [0.05, 0.1) is 0 Å². The lowest BCUT2D eigenvalue weighted by Crippen LogP contribution is -2.21. The molecule has 14 heavy (non-hydrogen) atoms. The highest BCUT2D eigenvalue weighted by Crippen LogP contribution is 2.42. The van der Waals surface area contributed by atoms with Crippen LogP contribution in [-0.4, -0.2) is 29.7 Å². The van der Waals surface area contributed by atoms with E-state index in [0.717, 1.165) is 0 Å². The van der Waals surface area contributed by atoms with Crippen molar-refractivity contribution in [2.45, 2.75) is 27.7 Å². The first-order valence-corrected chi connectivity index (χ1v) is 5.56. The predicted molar refractivity (Wildman–Crippen MR) is 53.4 cm³/mol. The van der Waals surface area contributed by atoms with E-state index in [1.807, 2.05) is 13.8 Å². The van der Waals surface area contributed by atoms with E-state index in [9.17, 15) is 9.59 Å². The smallest absolute Gasteiger partial charge is 0.388 e. The van der Waals surface area contributed by atoms with Crippen LogP contribution in [-0.2, 0) is 18.6 Å². The highest BCUT2D eigenvalue weighted by Gasteiger charge is 2.24. The summed E-state index contributed by atoms with van der Waals surface area (Å²) in [7, 11) is -1.57. The van der Waals surface area contributed by atoms with E-state index in [0.29, 0.717) is 13.1 Å². The standard InChI is InChI=1S/C8H16NO4P/c1-5-9(6-2)14(12-7(3)10)13-8(4)11/h5-6H2,1-4H3. The molecule has 0 aliphatic heterocycles. The molecule has 0 rings (SSSR count). The monoisotopic (exact) mass is 221 g/mol. The van der Waals surface area contributed by atoms with Crippen LogP contribution in [0.4, 0.5) is 0 Å². The van der Waals surface area contributed by atoms with Gasteiger partial charge in [-0.15, -0.1) is 0 Å². The number of rotatable bonds is 5. The molecule has 0 unspecified atom stereocenters. The minimum atomic E-state index is -1.57. The lowest BCUT2D eigenvalue weighted by Gasteiger charge is -2.24.